The van der Waals surface area contributed by atoms with Gasteiger partial charge in [-0.2, -0.15) is 0 Å². The molecule has 3 atom stereocenters. The van der Waals surface area contributed by atoms with E-state index in [4.69, 9.17) is 4.74 Å². The molecule has 3 fully saturated rings. The van der Waals surface area contributed by atoms with Gasteiger partial charge in [0.1, 0.15) is 5.75 Å². The van der Waals surface area contributed by atoms with E-state index < -0.39 is 21.2 Å². The van der Waals surface area contributed by atoms with Gasteiger partial charge in [0.05, 0.1) is 11.9 Å². The molecule has 0 N–H and O–H groups in total. The van der Waals surface area contributed by atoms with Gasteiger partial charge in [-0.25, -0.2) is 12.7 Å². The number of carbonyl (C=O) groups is 1. The van der Waals surface area contributed by atoms with Gasteiger partial charge in [0.25, 0.3) is 5.91 Å². The number of carbonyl (C=O) groups excluding carboxylic acids is 1. The molecule has 2 bridgehead atoms. The van der Waals surface area contributed by atoms with Crippen molar-refractivity contribution in [2.75, 3.05) is 13.2 Å². The lowest BCUT2D eigenvalue weighted by Crippen LogP contribution is -2.39. The van der Waals surface area contributed by atoms with E-state index in [0.29, 0.717) is 25.5 Å². The average molecular weight is 388 g/mol. The summed E-state index contributed by atoms with van der Waals surface area (Å²) in [6, 6.07) is 5.75. The van der Waals surface area contributed by atoms with E-state index in [1.807, 2.05) is 18.2 Å². The van der Waals surface area contributed by atoms with Crippen LogP contribution in [-0.4, -0.2) is 37.0 Å². The Bertz CT molecular complexity index is 964. The number of benzene rings is 1. The number of ether oxygens (including phenoxy) is 1. The van der Waals surface area contributed by atoms with Gasteiger partial charge in [0.15, 0.2) is 0 Å². The van der Waals surface area contributed by atoms with Crippen LogP contribution < -0.4 is 4.74 Å². The van der Waals surface area contributed by atoms with Gasteiger partial charge in [0.2, 0.25) is 10.0 Å². The summed E-state index contributed by atoms with van der Waals surface area (Å²) in [5, 5.41) is -0.398. The zero-order valence-electron chi connectivity index (χ0n) is 15.8. The minimum atomic E-state index is -3.58. The number of hydrogen-bond donors (Lipinski definition) is 0. The fraction of sp³-hybridized carbons (Fsp3) is 0.571. The third kappa shape index (κ3) is 2.10. The van der Waals surface area contributed by atoms with E-state index in [1.165, 1.54) is 6.08 Å². The second-order valence-electron chi connectivity index (χ2n) is 8.98. The molecule has 144 valence electrons. The SMILES string of the molecule is CC1(C)C2CCC13CN(C(=O)/C=C/c1cccc4c1CCO4)S(=O)(=O)C3C2. The van der Waals surface area contributed by atoms with E-state index in [2.05, 4.69) is 13.8 Å². The Morgan fingerprint density at radius 2 is 2.15 bits per heavy atom. The van der Waals surface area contributed by atoms with E-state index in [9.17, 15) is 13.2 Å². The molecule has 2 aliphatic carbocycles. The maximum atomic E-state index is 13.1. The van der Waals surface area contributed by atoms with E-state index in [-0.39, 0.29) is 10.8 Å². The minimum absolute atomic E-state index is 0.0267. The van der Waals surface area contributed by atoms with Crippen molar-refractivity contribution in [3.8, 4) is 5.75 Å². The van der Waals surface area contributed by atoms with Crippen LogP contribution >= 0.6 is 0 Å². The van der Waals surface area contributed by atoms with Crippen molar-refractivity contribution >= 4 is 22.0 Å². The minimum Gasteiger partial charge on any atom is -0.493 e. The van der Waals surface area contributed by atoms with Crippen LogP contribution in [0, 0.1) is 16.7 Å². The second-order valence-corrected chi connectivity index (χ2v) is 11.0. The standard InChI is InChI=1S/C21H25NO4S/c1-20(2)15-8-10-21(20)13-22(27(24,25)18(21)12-15)19(23)7-6-14-4-3-5-17-16(14)9-11-26-17/h3-7,15,18H,8-13H2,1-2H3/b7-6+. The first kappa shape index (κ1) is 17.3. The molecule has 1 aromatic carbocycles. The van der Waals surface area contributed by atoms with Gasteiger partial charge in [-0.3, -0.25) is 4.79 Å². The number of amides is 1. The lowest BCUT2D eigenvalue weighted by Gasteiger charge is -2.36. The highest BCUT2D eigenvalue weighted by Gasteiger charge is 2.72. The maximum absolute atomic E-state index is 13.1. The molecular weight excluding hydrogens is 362 g/mol. The van der Waals surface area contributed by atoms with Crippen LogP contribution in [0.3, 0.4) is 0 Å². The molecule has 0 aromatic heterocycles. The van der Waals surface area contributed by atoms with Crippen molar-refractivity contribution < 1.29 is 17.9 Å². The Morgan fingerprint density at radius 3 is 2.89 bits per heavy atom. The summed E-state index contributed by atoms with van der Waals surface area (Å²) < 4.78 is 33.0. The summed E-state index contributed by atoms with van der Waals surface area (Å²) in [6.07, 6.45) is 6.65. The van der Waals surface area contributed by atoms with Gasteiger partial charge < -0.3 is 4.74 Å². The predicted molar refractivity (Wildman–Crippen MR) is 103 cm³/mol. The zero-order chi connectivity index (χ0) is 19.0. The molecule has 27 heavy (non-hydrogen) atoms. The van der Waals surface area contributed by atoms with Crippen LogP contribution in [0.4, 0.5) is 0 Å². The highest BCUT2D eigenvalue weighted by Crippen LogP contribution is 2.70. The fourth-order valence-electron chi connectivity index (χ4n) is 6.14. The third-order valence-electron chi connectivity index (χ3n) is 7.88. The smallest absolute Gasteiger partial charge is 0.260 e. The molecule has 1 saturated heterocycles. The molecule has 4 aliphatic rings. The molecule has 1 aromatic rings. The zero-order valence-corrected chi connectivity index (χ0v) is 16.6. The lowest BCUT2D eigenvalue weighted by atomic mass is 9.69. The molecule has 6 heteroatoms. The van der Waals surface area contributed by atoms with Crippen LogP contribution in [-0.2, 0) is 21.2 Å². The Balaban J connectivity index is 1.44. The van der Waals surface area contributed by atoms with Crippen molar-refractivity contribution in [2.24, 2.45) is 16.7 Å². The highest BCUT2D eigenvalue weighted by molar-refractivity contribution is 7.90. The summed E-state index contributed by atoms with van der Waals surface area (Å²) in [5.41, 5.74) is 1.71. The van der Waals surface area contributed by atoms with Crippen molar-refractivity contribution in [2.45, 2.75) is 44.8 Å². The molecule has 5 nitrogen and oxygen atoms in total. The van der Waals surface area contributed by atoms with E-state index in [0.717, 1.165) is 40.4 Å². The van der Waals surface area contributed by atoms with Gasteiger partial charge in [0, 0.05) is 30.0 Å². The van der Waals surface area contributed by atoms with Crippen molar-refractivity contribution in [3.05, 3.63) is 35.4 Å². The Morgan fingerprint density at radius 1 is 1.33 bits per heavy atom. The Hall–Kier alpha value is -1.82. The Kier molecular flexibility index (Phi) is 3.44. The molecule has 1 amide bonds. The van der Waals surface area contributed by atoms with Crippen LogP contribution in [0.1, 0.15) is 44.2 Å². The normalized spacial score (nSPS) is 34.7. The topological polar surface area (TPSA) is 63.7 Å². The van der Waals surface area contributed by atoms with Gasteiger partial charge in [-0.05, 0) is 48.3 Å². The Labute approximate surface area is 160 Å². The summed E-state index contributed by atoms with van der Waals surface area (Å²) in [7, 11) is -3.58. The van der Waals surface area contributed by atoms with Crippen molar-refractivity contribution in [1.29, 1.82) is 0 Å². The highest BCUT2D eigenvalue weighted by atomic mass is 32.2. The quantitative estimate of drug-likeness (QED) is 0.732. The predicted octanol–water partition coefficient (Wildman–Crippen LogP) is 3.00. The molecule has 1 spiro atoms. The third-order valence-corrected chi connectivity index (χ3v) is 10.2. The molecule has 0 radical (unpaired) electrons. The molecule has 3 unspecified atom stereocenters. The lowest BCUT2D eigenvalue weighted by molar-refractivity contribution is -0.122. The summed E-state index contributed by atoms with van der Waals surface area (Å²) >= 11 is 0. The van der Waals surface area contributed by atoms with Gasteiger partial charge in [-0.15, -0.1) is 0 Å². The van der Waals surface area contributed by atoms with Crippen molar-refractivity contribution in [1.82, 2.24) is 4.31 Å². The number of rotatable bonds is 2. The molecule has 2 saturated carbocycles. The number of fused-ring (bicyclic) bond motifs is 2. The number of hydrogen-bond acceptors (Lipinski definition) is 4. The second kappa shape index (κ2) is 5.37. The first-order valence-electron chi connectivity index (χ1n) is 9.76. The maximum Gasteiger partial charge on any atom is 0.260 e. The summed E-state index contributed by atoms with van der Waals surface area (Å²) in [5.74, 6) is 0.886. The van der Waals surface area contributed by atoms with Gasteiger partial charge >= 0.3 is 0 Å². The van der Waals surface area contributed by atoms with Crippen LogP contribution in [0.5, 0.6) is 5.75 Å². The number of nitrogens with zero attached hydrogens (tertiary/aromatic N) is 1. The molecule has 5 rings (SSSR count). The molecular formula is C21H25NO4S. The molecule has 2 aliphatic heterocycles. The van der Waals surface area contributed by atoms with Crippen LogP contribution in [0.2, 0.25) is 0 Å². The van der Waals surface area contributed by atoms with E-state index in [1.54, 1.807) is 6.08 Å². The first-order valence-corrected chi connectivity index (χ1v) is 11.3. The molecule has 2 heterocycles. The average Bonchev–Trinajstić information content (AvgIpc) is 3.32. The fourth-order valence-corrected chi connectivity index (χ4v) is 8.71. The van der Waals surface area contributed by atoms with Crippen molar-refractivity contribution in [3.63, 3.8) is 0 Å². The number of sulfonamides is 1. The van der Waals surface area contributed by atoms with Gasteiger partial charge in [-0.1, -0.05) is 26.0 Å². The van der Waals surface area contributed by atoms with E-state index >= 15 is 0 Å². The van der Waals surface area contributed by atoms with Crippen LogP contribution in [0.25, 0.3) is 6.08 Å². The first-order chi connectivity index (χ1) is 12.8. The summed E-state index contributed by atoms with van der Waals surface area (Å²) in [4.78, 5) is 12.9. The largest absolute Gasteiger partial charge is 0.493 e. The monoisotopic (exact) mass is 387 g/mol. The summed E-state index contributed by atoms with van der Waals surface area (Å²) in [6.45, 7) is 5.37. The van der Waals surface area contributed by atoms with Crippen LogP contribution in [0.15, 0.2) is 24.3 Å².